The average molecular weight is 387 g/mol. The van der Waals surface area contributed by atoms with Crippen molar-refractivity contribution >= 4 is 16.6 Å². The van der Waals surface area contributed by atoms with E-state index in [1.54, 1.807) is 0 Å². The predicted octanol–water partition coefficient (Wildman–Crippen LogP) is 4.68. The lowest BCUT2D eigenvalue weighted by Crippen LogP contribution is -2.46. The minimum Gasteiger partial charge on any atom is -0.369 e. The van der Waals surface area contributed by atoms with E-state index in [0.29, 0.717) is 0 Å². The molecule has 4 heteroatoms. The molecule has 0 spiro atoms. The zero-order chi connectivity index (χ0) is 20.1. The molecule has 1 aromatic heterocycles. The van der Waals surface area contributed by atoms with Crippen molar-refractivity contribution in [3.8, 4) is 6.07 Å². The number of hydrogen-bond donors (Lipinski definition) is 0. The molecule has 0 saturated carbocycles. The molecular formula is C25H30N4. The van der Waals surface area contributed by atoms with Gasteiger partial charge >= 0.3 is 0 Å². The monoisotopic (exact) mass is 386 g/mol. The number of para-hydroxylation sites is 1. The van der Waals surface area contributed by atoms with Crippen LogP contribution in [0.2, 0.25) is 0 Å². The van der Waals surface area contributed by atoms with Crippen molar-refractivity contribution in [2.45, 2.75) is 32.7 Å². The van der Waals surface area contributed by atoms with E-state index in [1.165, 1.54) is 41.5 Å². The predicted molar refractivity (Wildman–Crippen MR) is 120 cm³/mol. The summed E-state index contributed by atoms with van der Waals surface area (Å²) in [5.41, 5.74) is 4.73. The maximum atomic E-state index is 9.24. The third-order valence-electron chi connectivity index (χ3n) is 6.10. The highest BCUT2D eigenvalue weighted by Crippen LogP contribution is 2.24. The van der Waals surface area contributed by atoms with Crippen LogP contribution in [0.25, 0.3) is 10.9 Å². The van der Waals surface area contributed by atoms with Crippen molar-refractivity contribution in [1.29, 1.82) is 5.26 Å². The largest absolute Gasteiger partial charge is 0.369 e. The number of piperazine rings is 1. The first-order valence-electron chi connectivity index (χ1n) is 10.8. The fourth-order valence-corrected chi connectivity index (χ4v) is 4.42. The van der Waals surface area contributed by atoms with Crippen molar-refractivity contribution in [3.63, 3.8) is 0 Å². The van der Waals surface area contributed by atoms with E-state index < -0.39 is 0 Å². The second-order valence-corrected chi connectivity index (χ2v) is 7.91. The summed E-state index contributed by atoms with van der Waals surface area (Å²) >= 11 is 0. The van der Waals surface area contributed by atoms with Crippen LogP contribution in [-0.2, 0) is 13.0 Å². The molecular weight excluding hydrogens is 356 g/mol. The van der Waals surface area contributed by atoms with Crippen LogP contribution in [0.1, 0.15) is 30.9 Å². The molecule has 4 nitrogen and oxygen atoms in total. The number of benzene rings is 2. The number of fused-ring (bicyclic) bond motifs is 1. The van der Waals surface area contributed by atoms with Crippen molar-refractivity contribution in [2.75, 3.05) is 37.6 Å². The highest BCUT2D eigenvalue weighted by Gasteiger charge is 2.16. The summed E-state index contributed by atoms with van der Waals surface area (Å²) in [4.78, 5) is 5.09. The van der Waals surface area contributed by atoms with E-state index in [4.69, 9.17) is 0 Å². The van der Waals surface area contributed by atoms with Gasteiger partial charge in [-0.25, -0.2) is 0 Å². The Hall–Kier alpha value is -2.77. The molecule has 150 valence electrons. The van der Waals surface area contributed by atoms with Gasteiger partial charge in [0.1, 0.15) is 0 Å². The van der Waals surface area contributed by atoms with Crippen LogP contribution in [0.3, 0.4) is 0 Å². The average Bonchev–Trinajstić information content (AvgIpc) is 3.14. The number of aromatic nitrogens is 1. The second kappa shape index (κ2) is 9.15. The maximum Gasteiger partial charge on any atom is 0.0991 e. The van der Waals surface area contributed by atoms with E-state index in [2.05, 4.69) is 76.0 Å². The summed E-state index contributed by atoms with van der Waals surface area (Å²) in [6, 6.07) is 19.1. The number of hydrogen-bond acceptors (Lipinski definition) is 3. The van der Waals surface area contributed by atoms with Crippen LogP contribution in [0.5, 0.6) is 0 Å². The minimum atomic E-state index is 0.754. The SMILES string of the molecule is CCn1cc(CCCCN2CCN(c3ccccc3)CC2)c2cc(C#N)ccc21. The lowest BCUT2D eigenvalue weighted by Gasteiger charge is -2.36. The molecule has 1 saturated heterocycles. The molecule has 1 fully saturated rings. The lowest BCUT2D eigenvalue weighted by atomic mass is 10.1. The molecule has 1 aliphatic rings. The number of anilines is 1. The summed E-state index contributed by atoms with van der Waals surface area (Å²) < 4.78 is 2.30. The molecule has 0 radical (unpaired) electrons. The lowest BCUT2D eigenvalue weighted by molar-refractivity contribution is 0.253. The minimum absolute atomic E-state index is 0.754. The molecule has 0 aliphatic carbocycles. The van der Waals surface area contributed by atoms with Crippen LogP contribution in [0, 0.1) is 11.3 Å². The Morgan fingerprint density at radius 3 is 2.48 bits per heavy atom. The number of unbranched alkanes of at least 4 members (excludes halogenated alkanes) is 1. The standard InChI is InChI=1S/C25H30N4/c1-2-28-20-22(24-18-21(19-26)11-12-25(24)28)8-6-7-13-27-14-16-29(17-15-27)23-9-4-3-5-10-23/h3-5,9-12,18,20H,2,6-8,13-17H2,1H3. The highest BCUT2D eigenvalue weighted by molar-refractivity contribution is 5.85. The number of nitriles is 1. The summed E-state index contributed by atoms with van der Waals surface area (Å²) in [6.45, 7) is 8.85. The molecule has 3 aromatic rings. The Kier molecular flexibility index (Phi) is 6.17. The van der Waals surface area contributed by atoms with Gasteiger partial charge in [0.2, 0.25) is 0 Å². The van der Waals surface area contributed by atoms with Gasteiger partial charge < -0.3 is 9.47 Å². The molecule has 1 aliphatic heterocycles. The molecule has 0 atom stereocenters. The van der Waals surface area contributed by atoms with Crippen molar-refractivity contribution in [2.24, 2.45) is 0 Å². The number of aryl methyl sites for hydroxylation is 2. The zero-order valence-corrected chi connectivity index (χ0v) is 17.3. The first kappa shape index (κ1) is 19.5. The molecule has 2 heterocycles. The zero-order valence-electron chi connectivity index (χ0n) is 17.3. The Bertz CT molecular complexity index is 975. The molecule has 29 heavy (non-hydrogen) atoms. The van der Waals surface area contributed by atoms with Gasteiger partial charge in [0.15, 0.2) is 0 Å². The first-order valence-corrected chi connectivity index (χ1v) is 10.8. The Labute approximate surface area is 174 Å². The Morgan fingerprint density at radius 2 is 1.76 bits per heavy atom. The Morgan fingerprint density at radius 1 is 0.966 bits per heavy atom. The van der Waals surface area contributed by atoms with Crippen LogP contribution in [0.15, 0.2) is 54.7 Å². The van der Waals surface area contributed by atoms with Gasteiger partial charge in [-0.2, -0.15) is 5.26 Å². The summed E-state index contributed by atoms with van der Waals surface area (Å²) in [5, 5.41) is 10.5. The number of nitrogens with zero attached hydrogens (tertiary/aromatic N) is 4. The highest BCUT2D eigenvalue weighted by atomic mass is 15.3. The van der Waals surface area contributed by atoms with Gasteiger partial charge in [-0.05, 0) is 68.6 Å². The summed E-state index contributed by atoms with van der Waals surface area (Å²) in [6.07, 6.45) is 5.79. The normalized spacial score (nSPS) is 15.0. The topological polar surface area (TPSA) is 35.2 Å². The van der Waals surface area contributed by atoms with Gasteiger partial charge in [0.25, 0.3) is 0 Å². The van der Waals surface area contributed by atoms with Gasteiger partial charge in [-0.3, -0.25) is 4.90 Å². The van der Waals surface area contributed by atoms with Crippen LogP contribution in [-0.4, -0.2) is 42.2 Å². The van der Waals surface area contributed by atoms with Crippen LogP contribution in [0.4, 0.5) is 5.69 Å². The molecule has 0 bridgehead atoms. The fraction of sp³-hybridized carbons (Fsp3) is 0.400. The second-order valence-electron chi connectivity index (χ2n) is 7.91. The van der Waals surface area contributed by atoms with Crippen LogP contribution < -0.4 is 4.90 Å². The smallest absolute Gasteiger partial charge is 0.0991 e. The van der Waals surface area contributed by atoms with Gasteiger partial charge in [0.05, 0.1) is 11.6 Å². The molecule has 4 rings (SSSR count). The van der Waals surface area contributed by atoms with E-state index in [9.17, 15) is 5.26 Å². The van der Waals surface area contributed by atoms with Gasteiger partial charge in [-0.15, -0.1) is 0 Å². The van der Waals surface area contributed by atoms with Crippen molar-refractivity contribution in [3.05, 3.63) is 65.9 Å². The van der Waals surface area contributed by atoms with Crippen LogP contribution >= 0.6 is 0 Å². The summed E-state index contributed by atoms with van der Waals surface area (Å²) in [5.74, 6) is 0. The third-order valence-corrected chi connectivity index (χ3v) is 6.10. The van der Waals surface area contributed by atoms with Gasteiger partial charge in [-0.1, -0.05) is 18.2 Å². The molecule has 0 N–H and O–H groups in total. The number of rotatable bonds is 7. The van der Waals surface area contributed by atoms with E-state index in [1.807, 2.05) is 6.07 Å². The van der Waals surface area contributed by atoms with E-state index in [-0.39, 0.29) is 0 Å². The maximum absolute atomic E-state index is 9.24. The molecule has 2 aromatic carbocycles. The van der Waals surface area contributed by atoms with E-state index >= 15 is 0 Å². The molecule has 0 amide bonds. The quantitative estimate of drug-likeness (QED) is 0.553. The Balaban J connectivity index is 1.28. The third kappa shape index (κ3) is 4.46. The van der Waals surface area contributed by atoms with E-state index in [0.717, 1.165) is 44.7 Å². The van der Waals surface area contributed by atoms with Gasteiger partial charge in [0, 0.05) is 55.5 Å². The fourth-order valence-electron chi connectivity index (χ4n) is 4.42. The molecule has 0 unspecified atom stereocenters. The first-order chi connectivity index (χ1) is 14.3. The van der Waals surface area contributed by atoms with Crippen molar-refractivity contribution in [1.82, 2.24) is 9.47 Å². The van der Waals surface area contributed by atoms with Crippen molar-refractivity contribution < 1.29 is 0 Å². The summed E-state index contributed by atoms with van der Waals surface area (Å²) in [7, 11) is 0.